The number of hydrogen-bond acceptors (Lipinski definition) is 2. The third-order valence-electron chi connectivity index (χ3n) is 3.86. The molecule has 1 atom stereocenters. The molecule has 1 fully saturated rings. The number of benzene rings is 2. The quantitative estimate of drug-likeness (QED) is 0.848. The molecule has 2 aromatic rings. The Morgan fingerprint density at radius 1 is 1.05 bits per heavy atom. The van der Waals surface area contributed by atoms with E-state index in [4.69, 9.17) is 5.73 Å². The predicted molar refractivity (Wildman–Crippen MR) is 80.3 cm³/mol. The number of anilines is 1. The summed E-state index contributed by atoms with van der Waals surface area (Å²) in [4.78, 5) is 14.6. The Bertz CT molecular complexity index is 592. The maximum Gasteiger partial charge on any atom is 0.254 e. The molecular formula is C17H18N2O. The van der Waals surface area contributed by atoms with Crippen LogP contribution in [0.1, 0.15) is 34.8 Å². The van der Waals surface area contributed by atoms with E-state index in [1.54, 1.807) is 0 Å². The molecule has 20 heavy (non-hydrogen) atoms. The van der Waals surface area contributed by atoms with Crippen molar-refractivity contribution in [2.45, 2.75) is 18.9 Å². The second-order valence-electron chi connectivity index (χ2n) is 5.19. The Morgan fingerprint density at radius 3 is 2.45 bits per heavy atom. The number of hydrogen-bond donors (Lipinski definition) is 1. The van der Waals surface area contributed by atoms with E-state index in [9.17, 15) is 4.79 Å². The van der Waals surface area contributed by atoms with Gasteiger partial charge >= 0.3 is 0 Å². The highest BCUT2D eigenvalue weighted by atomic mass is 16.2. The first-order chi connectivity index (χ1) is 9.75. The number of amides is 1. The summed E-state index contributed by atoms with van der Waals surface area (Å²) in [7, 11) is 0. The van der Waals surface area contributed by atoms with Crippen molar-refractivity contribution < 1.29 is 4.79 Å². The fraction of sp³-hybridized carbons (Fsp3) is 0.235. The van der Waals surface area contributed by atoms with Crippen LogP contribution in [0.2, 0.25) is 0 Å². The minimum absolute atomic E-state index is 0.116. The van der Waals surface area contributed by atoms with E-state index in [2.05, 4.69) is 0 Å². The van der Waals surface area contributed by atoms with E-state index < -0.39 is 0 Å². The first kappa shape index (κ1) is 12.7. The molecule has 2 aromatic carbocycles. The van der Waals surface area contributed by atoms with Crippen molar-refractivity contribution in [1.82, 2.24) is 4.90 Å². The van der Waals surface area contributed by atoms with Crippen molar-refractivity contribution >= 4 is 11.6 Å². The summed E-state index contributed by atoms with van der Waals surface area (Å²) in [5, 5.41) is 0. The Labute approximate surface area is 119 Å². The Morgan fingerprint density at radius 2 is 1.75 bits per heavy atom. The van der Waals surface area contributed by atoms with Crippen molar-refractivity contribution in [2.24, 2.45) is 0 Å². The number of carbonyl (C=O) groups is 1. The zero-order valence-electron chi connectivity index (χ0n) is 11.3. The van der Waals surface area contributed by atoms with Gasteiger partial charge in [0.1, 0.15) is 0 Å². The number of carbonyl (C=O) groups excluding carboxylic acids is 1. The van der Waals surface area contributed by atoms with Crippen molar-refractivity contribution in [1.29, 1.82) is 0 Å². The molecule has 0 saturated carbocycles. The Hall–Kier alpha value is -2.29. The highest BCUT2D eigenvalue weighted by molar-refractivity contribution is 5.94. The van der Waals surface area contributed by atoms with Crippen LogP contribution in [0.4, 0.5) is 5.69 Å². The van der Waals surface area contributed by atoms with Crippen LogP contribution in [-0.2, 0) is 0 Å². The van der Waals surface area contributed by atoms with Crippen LogP contribution in [0.25, 0.3) is 0 Å². The van der Waals surface area contributed by atoms with Gasteiger partial charge in [-0.25, -0.2) is 0 Å². The highest BCUT2D eigenvalue weighted by Crippen LogP contribution is 2.33. The monoisotopic (exact) mass is 266 g/mol. The first-order valence-corrected chi connectivity index (χ1v) is 6.97. The molecule has 1 heterocycles. The lowest BCUT2D eigenvalue weighted by atomic mass is 10.0. The van der Waals surface area contributed by atoms with Crippen LogP contribution in [0.15, 0.2) is 54.6 Å². The number of likely N-dealkylation sites (tertiary alicyclic amines) is 1. The minimum Gasteiger partial charge on any atom is -0.399 e. The topological polar surface area (TPSA) is 46.3 Å². The molecule has 0 radical (unpaired) electrons. The van der Waals surface area contributed by atoms with Gasteiger partial charge in [-0.3, -0.25) is 4.79 Å². The van der Waals surface area contributed by atoms with E-state index >= 15 is 0 Å². The van der Waals surface area contributed by atoms with E-state index in [1.807, 2.05) is 59.5 Å². The SMILES string of the molecule is Nc1ccc(C2CCCN2C(=O)c2ccccc2)cc1. The fourth-order valence-electron chi connectivity index (χ4n) is 2.82. The summed E-state index contributed by atoms with van der Waals surface area (Å²) in [6.07, 6.45) is 2.07. The van der Waals surface area contributed by atoms with E-state index in [0.29, 0.717) is 0 Å². The molecule has 3 rings (SSSR count). The van der Waals surface area contributed by atoms with E-state index in [0.717, 1.165) is 30.6 Å². The molecule has 0 spiro atoms. The van der Waals surface area contributed by atoms with Gasteiger partial charge in [-0.15, -0.1) is 0 Å². The van der Waals surface area contributed by atoms with Crippen molar-refractivity contribution in [3.05, 3.63) is 65.7 Å². The van der Waals surface area contributed by atoms with Gasteiger partial charge in [0.2, 0.25) is 0 Å². The molecule has 102 valence electrons. The lowest BCUT2D eigenvalue weighted by Crippen LogP contribution is -2.30. The van der Waals surface area contributed by atoms with Crippen molar-refractivity contribution in [3.63, 3.8) is 0 Å². The number of nitrogens with zero attached hydrogens (tertiary/aromatic N) is 1. The normalized spacial score (nSPS) is 18.2. The van der Waals surface area contributed by atoms with Gasteiger partial charge in [0.25, 0.3) is 5.91 Å². The number of nitrogen functional groups attached to an aromatic ring is 1. The standard InChI is InChI=1S/C17H18N2O/c18-15-10-8-13(9-11-15)16-7-4-12-19(16)17(20)14-5-2-1-3-6-14/h1-3,5-6,8-11,16H,4,7,12,18H2. The molecule has 3 heteroatoms. The van der Waals surface area contributed by atoms with Crippen LogP contribution in [0.3, 0.4) is 0 Å². The maximum atomic E-state index is 12.6. The summed E-state index contributed by atoms with van der Waals surface area (Å²) in [5.41, 5.74) is 8.41. The Kier molecular flexibility index (Phi) is 3.42. The largest absolute Gasteiger partial charge is 0.399 e. The molecule has 0 aliphatic carbocycles. The van der Waals surface area contributed by atoms with Crippen LogP contribution in [0.5, 0.6) is 0 Å². The lowest BCUT2D eigenvalue weighted by molar-refractivity contribution is 0.0735. The molecular weight excluding hydrogens is 248 g/mol. The second-order valence-corrected chi connectivity index (χ2v) is 5.19. The highest BCUT2D eigenvalue weighted by Gasteiger charge is 2.30. The number of rotatable bonds is 2. The fourth-order valence-corrected chi connectivity index (χ4v) is 2.82. The van der Waals surface area contributed by atoms with Crippen LogP contribution in [0, 0.1) is 0 Å². The Balaban J connectivity index is 1.86. The van der Waals surface area contributed by atoms with Gasteiger partial charge in [-0.05, 0) is 42.7 Å². The maximum absolute atomic E-state index is 12.6. The van der Waals surface area contributed by atoms with E-state index in [1.165, 1.54) is 5.56 Å². The average Bonchev–Trinajstić information content (AvgIpc) is 2.97. The molecule has 1 aliphatic rings. The molecule has 0 aromatic heterocycles. The van der Waals surface area contributed by atoms with Gasteiger partial charge in [-0.1, -0.05) is 30.3 Å². The number of nitrogens with two attached hydrogens (primary N) is 1. The summed E-state index contributed by atoms with van der Waals surface area (Å²) < 4.78 is 0. The lowest BCUT2D eigenvalue weighted by Gasteiger charge is -2.25. The van der Waals surface area contributed by atoms with Gasteiger partial charge < -0.3 is 10.6 Å². The van der Waals surface area contributed by atoms with Gasteiger partial charge in [0.15, 0.2) is 0 Å². The van der Waals surface area contributed by atoms with E-state index in [-0.39, 0.29) is 11.9 Å². The molecule has 1 saturated heterocycles. The molecule has 1 amide bonds. The molecule has 2 N–H and O–H groups in total. The molecule has 0 bridgehead atoms. The molecule has 1 aliphatic heterocycles. The van der Waals surface area contributed by atoms with Crippen LogP contribution < -0.4 is 5.73 Å². The van der Waals surface area contributed by atoms with Gasteiger partial charge in [0.05, 0.1) is 6.04 Å². The van der Waals surface area contributed by atoms with Crippen LogP contribution in [-0.4, -0.2) is 17.4 Å². The van der Waals surface area contributed by atoms with Crippen LogP contribution >= 0.6 is 0 Å². The second kappa shape index (κ2) is 5.37. The predicted octanol–water partition coefficient (Wildman–Crippen LogP) is 3.25. The third kappa shape index (κ3) is 2.39. The van der Waals surface area contributed by atoms with Gasteiger partial charge in [-0.2, -0.15) is 0 Å². The molecule has 1 unspecified atom stereocenters. The summed E-state index contributed by atoms with van der Waals surface area (Å²) in [6, 6.07) is 17.5. The van der Waals surface area contributed by atoms with Crippen molar-refractivity contribution in [3.8, 4) is 0 Å². The first-order valence-electron chi connectivity index (χ1n) is 6.97. The summed E-state index contributed by atoms with van der Waals surface area (Å²) in [6.45, 7) is 0.822. The van der Waals surface area contributed by atoms with Crippen molar-refractivity contribution in [2.75, 3.05) is 12.3 Å². The summed E-state index contributed by atoms with van der Waals surface area (Å²) >= 11 is 0. The average molecular weight is 266 g/mol. The molecule has 3 nitrogen and oxygen atoms in total. The zero-order valence-corrected chi connectivity index (χ0v) is 11.3. The summed E-state index contributed by atoms with van der Waals surface area (Å²) in [5.74, 6) is 0.116. The zero-order chi connectivity index (χ0) is 13.9. The third-order valence-corrected chi connectivity index (χ3v) is 3.86. The smallest absolute Gasteiger partial charge is 0.254 e. The minimum atomic E-state index is 0.116. The van der Waals surface area contributed by atoms with Gasteiger partial charge in [0, 0.05) is 17.8 Å².